The standard InChI is InChI=1S/C20H22N2O6/c1-4-5-10-27-18(24)15-16(21)28-13-9-7-6-8-12(13)20(15)14(17(23)26-3)11(2)22-19(20)25/h6-9H,4-5,10,21H2,1-3H3,(H,22,25)/t20-/m0/s1. The Hall–Kier alpha value is -3.29. The highest BCUT2D eigenvalue weighted by Crippen LogP contribution is 2.51. The van der Waals surface area contributed by atoms with Gasteiger partial charge in [-0.3, -0.25) is 4.79 Å². The molecule has 0 saturated heterocycles. The molecule has 3 rings (SSSR count). The number of amides is 1. The predicted molar refractivity (Wildman–Crippen MR) is 98.7 cm³/mol. The van der Waals surface area contributed by atoms with Crippen molar-refractivity contribution in [3.63, 3.8) is 0 Å². The summed E-state index contributed by atoms with van der Waals surface area (Å²) in [5.74, 6) is -2.17. The van der Waals surface area contributed by atoms with Crippen LogP contribution < -0.4 is 15.8 Å². The van der Waals surface area contributed by atoms with E-state index in [1.807, 2.05) is 6.92 Å². The Morgan fingerprint density at radius 3 is 2.61 bits per heavy atom. The Labute approximate surface area is 162 Å². The van der Waals surface area contributed by atoms with Crippen LogP contribution in [0.4, 0.5) is 0 Å². The number of hydrogen-bond acceptors (Lipinski definition) is 7. The molecule has 0 fully saturated rings. The first kappa shape index (κ1) is 19.5. The molecule has 3 N–H and O–H groups in total. The molecule has 1 aromatic carbocycles. The minimum atomic E-state index is -1.81. The monoisotopic (exact) mass is 386 g/mol. The second-order valence-electron chi connectivity index (χ2n) is 6.52. The molecule has 1 atom stereocenters. The first-order chi connectivity index (χ1) is 13.4. The number of unbranched alkanes of at least 4 members (excludes halogenated alkanes) is 1. The van der Waals surface area contributed by atoms with Crippen LogP contribution in [0.1, 0.15) is 32.3 Å². The minimum Gasteiger partial charge on any atom is -0.466 e. The lowest BCUT2D eigenvalue weighted by Gasteiger charge is -2.35. The summed E-state index contributed by atoms with van der Waals surface area (Å²) in [6, 6.07) is 6.61. The quantitative estimate of drug-likeness (QED) is 0.580. The fourth-order valence-electron chi connectivity index (χ4n) is 3.61. The minimum absolute atomic E-state index is 0.0128. The van der Waals surface area contributed by atoms with E-state index in [9.17, 15) is 14.4 Å². The third-order valence-electron chi connectivity index (χ3n) is 4.85. The molecule has 0 aliphatic carbocycles. The highest BCUT2D eigenvalue weighted by Gasteiger charge is 2.61. The molecule has 2 aliphatic heterocycles. The van der Waals surface area contributed by atoms with Gasteiger partial charge in [-0.05, 0) is 19.4 Å². The molecule has 0 unspecified atom stereocenters. The summed E-state index contributed by atoms with van der Waals surface area (Å²) in [5, 5.41) is 2.64. The fraction of sp³-hybridized carbons (Fsp3) is 0.350. The van der Waals surface area contributed by atoms with E-state index in [2.05, 4.69) is 5.32 Å². The molecule has 2 heterocycles. The molecular formula is C20H22N2O6. The fourth-order valence-corrected chi connectivity index (χ4v) is 3.61. The van der Waals surface area contributed by atoms with Crippen LogP contribution in [0.15, 0.2) is 47.0 Å². The Kier molecular flexibility index (Phi) is 5.13. The molecule has 0 radical (unpaired) electrons. The predicted octanol–water partition coefficient (Wildman–Crippen LogP) is 1.41. The number of carbonyl (C=O) groups is 3. The van der Waals surface area contributed by atoms with Gasteiger partial charge in [0.25, 0.3) is 0 Å². The maximum absolute atomic E-state index is 13.2. The van der Waals surface area contributed by atoms with E-state index in [-0.39, 0.29) is 35.1 Å². The number of rotatable bonds is 5. The molecule has 1 aromatic rings. The van der Waals surface area contributed by atoms with E-state index in [0.29, 0.717) is 12.0 Å². The van der Waals surface area contributed by atoms with E-state index in [0.717, 1.165) is 6.42 Å². The van der Waals surface area contributed by atoms with Gasteiger partial charge in [0.1, 0.15) is 16.7 Å². The molecule has 2 aliphatic rings. The number of nitrogens with two attached hydrogens (primary N) is 1. The summed E-state index contributed by atoms with van der Waals surface area (Å²) in [6.07, 6.45) is 1.47. The van der Waals surface area contributed by atoms with Gasteiger partial charge in [-0.15, -0.1) is 0 Å². The van der Waals surface area contributed by atoms with Crippen molar-refractivity contribution in [3.05, 3.63) is 52.6 Å². The van der Waals surface area contributed by atoms with Crippen LogP contribution in [0.3, 0.4) is 0 Å². The number of nitrogens with one attached hydrogen (secondary N) is 1. The molecule has 0 bridgehead atoms. The summed E-state index contributed by atoms with van der Waals surface area (Å²) in [6.45, 7) is 3.67. The number of ether oxygens (including phenoxy) is 3. The number of allylic oxidation sites excluding steroid dienone is 1. The van der Waals surface area contributed by atoms with Crippen LogP contribution >= 0.6 is 0 Å². The summed E-state index contributed by atoms with van der Waals surface area (Å²) in [4.78, 5) is 38.9. The third kappa shape index (κ3) is 2.72. The van der Waals surface area contributed by atoms with Gasteiger partial charge in [-0.2, -0.15) is 0 Å². The average molecular weight is 386 g/mol. The summed E-state index contributed by atoms with van der Waals surface area (Å²) in [5.41, 5.74) is 4.62. The van der Waals surface area contributed by atoms with Crippen molar-refractivity contribution >= 4 is 17.8 Å². The smallest absolute Gasteiger partial charge is 0.341 e. The van der Waals surface area contributed by atoms with Gasteiger partial charge < -0.3 is 25.3 Å². The average Bonchev–Trinajstić information content (AvgIpc) is 2.92. The first-order valence-electron chi connectivity index (χ1n) is 8.95. The molecule has 28 heavy (non-hydrogen) atoms. The van der Waals surface area contributed by atoms with Crippen molar-refractivity contribution in [2.75, 3.05) is 13.7 Å². The van der Waals surface area contributed by atoms with Crippen molar-refractivity contribution in [2.24, 2.45) is 5.73 Å². The van der Waals surface area contributed by atoms with Crippen molar-refractivity contribution in [3.8, 4) is 5.75 Å². The topological polar surface area (TPSA) is 117 Å². The maximum atomic E-state index is 13.2. The van der Waals surface area contributed by atoms with E-state index in [1.165, 1.54) is 7.11 Å². The number of para-hydroxylation sites is 1. The van der Waals surface area contributed by atoms with Gasteiger partial charge in [0, 0.05) is 11.3 Å². The second-order valence-corrected chi connectivity index (χ2v) is 6.52. The molecule has 1 amide bonds. The highest BCUT2D eigenvalue weighted by molar-refractivity contribution is 6.17. The molecule has 1 spiro atoms. The third-order valence-corrected chi connectivity index (χ3v) is 4.85. The number of methoxy groups -OCH3 is 1. The zero-order valence-corrected chi connectivity index (χ0v) is 16.0. The number of carbonyl (C=O) groups excluding carboxylic acids is 3. The van der Waals surface area contributed by atoms with Gasteiger partial charge in [0.15, 0.2) is 0 Å². The SMILES string of the molecule is CCCCOC(=O)C1=C(N)Oc2ccccc2[C@@]12C(=O)NC(C)=C2C(=O)OC. The van der Waals surface area contributed by atoms with E-state index in [4.69, 9.17) is 19.9 Å². The highest BCUT2D eigenvalue weighted by atomic mass is 16.5. The van der Waals surface area contributed by atoms with Crippen molar-refractivity contribution in [2.45, 2.75) is 32.1 Å². The van der Waals surface area contributed by atoms with Gasteiger partial charge in [0.05, 0.1) is 19.3 Å². The van der Waals surface area contributed by atoms with Crippen LogP contribution in [0.5, 0.6) is 5.75 Å². The van der Waals surface area contributed by atoms with Crippen LogP contribution in [0.2, 0.25) is 0 Å². The molecule has 8 nitrogen and oxygen atoms in total. The van der Waals surface area contributed by atoms with Gasteiger partial charge >= 0.3 is 11.9 Å². The van der Waals surface area contributed by atoms with Crippen molar-refractivity contribution in [1.82, 2.24) is 5.32 Å². The van der Waals surface area contributed by atoms with E-state index in [1.54, 1.807) is 31.2 Å². The molecule has 0 aromatic heterocycles. The Morgan fingerprint density at radius 2 is 1.93 bits per heavy atom. The molecular weight excluding hydrogens is 364 g/mol. The number of benzene rings is 1. The van der Waals surface area contributed by atoms with Crippen molar-refractivity contribution < 1.29 is 28.6 Å². The summed E-state index contributed by atoms with van der Waals surface area (Å²) >= 11 is 0. The number of hydrogen-bond donors (Lipinski definition) is 2. The Morgan fingerprint density at radius 1 is 1.21 bits per heavy atom. The van der Waals surface area contributed by atoms with Crippen molar-refractivity contribution in [1.29, 1.82) is 0 Å². The van der Waals surface area contributed by atoms with Gasteiger partial charge in [-0.25, -0.2) is 9.59 Å². The van der Waals surface area contributed by atoms with E-state index < -0.39 is 23.3 Å². The Bertz CT molecular complexity index is 917. The lowest BCUT2D eigenvalue weighted by atomic mass is 9.67. The summed E-state index contributed by atoms with van der Waals surface area (Å²) in [7, 11) is 1.21. The van der Waals surface area contributed by atoms with Crippen LogP contribution in [-0.4, -0.2) is 31.6 Å². The maximum Gasteiger partial charge on any atom is 0.341 e. The van der Waals surface area contributed by atoms with Gasteiger partial charge in [-0.1, -0.05) is 31.5 Å². The van der Waals surface area contributed by atoms with E-state index >= 15 is 0 Å². The largest absolute Gasteiger partial charge is 0.466 e. The normalized spacial score (nSPS) is 20.6. The zero-order chi connectivity index (χ0) is 20.5. The second kappa shape index (κ2) is 7.38. The summed E-state index contributed by atoms with van der Waals surface area (Å²) < 4.78 is 15.8. The first-order valence-corrected chi connectivity index (χ1v) is 8.95. The van der Waals surface area contributed by atoms with Crippen LogP contribution in [0.25, 0.3) is 0 Å². The number of esters is 2. The lowest BCUT2D eigenvalue weighted by Crippen LogP contribution is -2.49. The lowest BCUT2D eigenvalue weighted by molar-refractivity contribution is -0.142. The van der Waals surface area contributed by atoms with Crippen LogP contribution in [-0.2, 0) is 29.3 Å². The Balaban J connectivity index is 2.28. The van der Waals surface area contributed by atoms with Gasteiger partial charge in [0.2, 0.25) is 11.8 Å². The molecule has 8 heteroatoms. The molecule has 0 saturated carbocycles. The molecule has 148 valence electrons. The number of fused-ring (bicyclic) bond motifs is 2. The van der Waals surface area contributed by atoms with Crippen LogP contribution in [0, 0.1) is 0 Å². The zero-order valence-electron chi connectivity index (χ0n) is 16.0.